The summed E-state index contributed by atoms with van der Waals surface area (Å²) in [7, 11) is 0. The zero-order chi connectivity index (χ0) is 15.2. The molecule has 0 aliphatic carbocycles. The molecule has 0 amide bonds. The van der Waals surface area contributed by atoms with E-state index in [2.05, 4.69) is 9.72 Å². The number of carbonyl (C=O) groups is 2. The van der Waals surface area contributed by atoms with Crippen molar-refractivity contribution in [2.75, 3.05) is 6.61 Å². The molecule has 0 radical (unpaired) electrons. The topological polar surface area (TPSA) is 85.7 Å². The Hall–Kier alpha value is -2.47. The molecule has 2 aromatic rings. The average Bonchev–Trinajstić information content (AvgIpc) is 2.51. The number of nitrogens with zero attached hydrogens (tertiary/aromatic N) is 1. The normalized spacial score (nSPS) is 11.9. The van der Waals surface area contributed by atoms with E-state index in [0.717, 1.165) is 10.9 Å². The highest BCUT2D eigenvalue weighted by molar-refractivity contribution is 5.97. The van der Waals surface area contributed by atoms with Gasteiger partial charge in [0.25, 0.3) is 0 Å². The summed E-state index contributed by atoms with van der Waals surface area (Å²) in [5.74, 6) is -2.07. The molecule has 1 N–H and O–H groups in total. The van der Waals surface area contributed by atoms with Crippen LogP contribution in [0.3, 0.4) is 0 Å². The predicted molar refractivity (Wildman–Crippen MR) is 74.2 cm³/mol. The third-order valence-electron chi connectivity index (χ3n) is 2.75. The molecule has 1 aromatic carbocycles. The first-order valence-corrected chi connectivity index (χ1v) is 6.48. The van der Waals surface area contributed by atoms with Crippen LogP contribution in [0.15, 0.2) is 36.4 Å². The van der Waals surface area contributed by atoms with Gasteiger partial charge in [-0.15, -0.1) is 0 Å². The Morgan fingerprint density at radius 1 is 1.14 bits per heavy atom. The van der Waals surface area contributed by atoms with Crippen molar-refractivity contribution in [2.24, 2.45) is 0 Å². The van der Waals surface area contributed by atoms with E-state index in [1.54, 1.807) is 13.0 Å². The zero-order valence-electron chi connectivity index (χ0n) is 11.5. The summed E-state index contributed by atoms with van der Waals surface area (Å²) in [6.07, 6.45) is -1.93. The number of carbonyl (C=O) groups excluding carboxylic acids is 2. The van der Waals surface area contributed by atoms with E-state index in [4.69, 9.17) is 4.74 Å². The van der Waals surface area contributed by atoms with Gasteiger partial charge in [-0.05, 0) is 19.1 Å². The second-order valence-corrected chi connectivity index (χ2v) is 4.26. The summed E-state index contributed by atoms with van der Waals surface area (Å²) in [6.45, 7) is 1.53. The van der Waals surface area contributed by atoms with Crippen LogP contribution < -0.4 is 0 Å². The molecule has 110 valence electrons. The Morgan fingerprint density at radius 2 is 1.86 bits per heavy atom. The lowest BCUT2D eigenvalue weighted by atomic mass is 10.2. The number of para-hydroxylation sites is 1. The maximum absolute atomic E-state index is 11.5. The molecule has 2 rings (SSSR count). The third-order valence-corrected chi connectivity index (χ3v) is 2.75. The van der Waals surface area contributed by atoms with Crippen LogP contribution >= 0.6 is 0 Å². The Labute approximate surface area is 121 Å². The summed E-state index contributed by atoms with van der Waals surface area (Å²) in [4.78, 5) is 27.0. The van der Waals surface area contributed by atoms with Crippen LogP contribution in [0.1, 0.15) is 12.6 Å². The van der Waals surface area contributed by atoms with Gasteiger partial charge in [-0.25, -0.2) is 14.6 Å². The molecular formula is C15H15NO5. The number of esters is 2. The van der Waals surface area contributed by atoms with Crippen LogP contribution in [0.25, 0.3) is 10.9 Å². The molecule has 0 spiro atoms. The van der Waals surface area contributed by atoms with Gasteiger partial charge in [0.05, 0.1) is 17.8 Å². The number of pyridine rings is 1. The number of aliphatic hydroxyl groups excluding tert-OH is 1. The maximum Gasteiger partial charge on any atom is 0.347 e. The summed E-state index contributed by atoms with van der Waals surface area (Å²) in [5.41, 5.74) is 1.30. The second kappa shape index (κ2) is 6.81. The fourth-order valence-electron chi connectivity index (χ4n) is 1.73. The first kappa shape index (κ1) is 14.9. The smallest absolute Gasteiger partial charge is 0.347 e. The molecule has 0 aliphatic heterocycles. The minimum atomic E-state index is -1.93. The fourth-order valence-corrected chi connectivity index (χ4v) is 1.73. The van der Waals surface area contributed by atoms with Crippen molar-refractivity contribution in [2.45, 2.75) is 19.6 Å². The summed E-state index contributed by atoms with van der Waals surface area (Å²) in [6, 6.07) is 11.1. The van der Waals surface area contributed by atoms with Crippen molar-refractivity contribution in [3.05, 3.63) is 42.1 Å². The quantitative estimate of drug-likeness (QED) is 0.657. The van der Waals surface area contributed by atoms with Gasteiger partial charge in [0.1, 0.15) is 6.61 Å². The summed E-state index contributed by atoms with van der Waals surface area (Å²) in [5, 5.41) is 10.4. The van der Waals surface area contributed by atoms with E-state index in [0.29, 0.717) is 5.69 Å². The third kappa shape index (κ3) is 3.76. The molecule has 0 aliphatic rings. The number of aliphatic hydroxyl groups is 1. The lowest BCUT2D eigenvalue weighted by molar-refractivity contribution is -0.169. The summed E-state index contributed by atoms with van der Waals surface area (Å²) >= 11 is 0. The molecule has 0 unspecified atom stereocenters. The van der Waals surface area contributed by atoms with E-state index < -0.39 is 18.0 Å². The first-order chi connectivity index (χ1) is 10.1. The van der Waals surface area contributed by atoms with E-state index in [-0.39, 0.29) is 13.2 Å². The number of aromatic nitrogens is 1. The van der Waals surface area contributed by atoms with Gasteiger partial charge >= 0.3 is 11.9 Å². The highest BCUT2D eigenvalue weighted by Gasteiger charge is 2.26. The van der Waals surface area contributed by atoms with Gasteiger partial charge in [0, 0.05) is 5.39 Å². The molecule has 0 fully saturated rings. The SMILES string of the molecule is CCOC(=O)[C@H](O)C(=O)OCc1ccc2ccccc2n1. The van der Waals surface area contributed by atoms with E-state index in [9.17, 15) is 14.7 Å². The highest BCUT2D eigenvalue weighted by Crippen LogP contribution is 2.12. The standard InChI is InChI=1S/C15H15NO5/c1-2-20-14(18)13(17)15(19)21-9-11-8-7-10-5-3-4-6-12(10)16-11/h3-8,13,17H,2,9H2,1H3/t13-/m0/s1. The molecule has 0 bridgehead atoms. The van der Waals surface area contributed by atoms with Crippen LogP contribution in [0.4, 0.5) is 0 Å². The first-order valence-electron chi connectivity index (χ1n) is 6.48. The van der Waals surface area contributed by atoms with Gasteiger partial charge < -0.3 is 14.6 Å². The zero-order valence-corrected chi connectivity index (χ0v) is 11.5. The van der Waals surface area contributed by atoms with Crippen LogP contribution in [0.5, 0.6) is 0 Å². The van der Waals surface area contributed by atoms with Crippen LogP contribution in [-0.2, 0) is 25.7 Å². The Bertz CT molecular complexity index is 655. The predicted octanol–water partition coefficient (Wildman–Crippen LogP) is 1.20. The monoisotopic (exact) mass is 289 g/mol. The molecule has 6 heteroatoms. The molecule has 6 nitrogen and oxygen atoms in total. The fraction of sp³-hybridized carbons (Fsp3) is 0.267. The second-order valence-electron chi connectivity index (χ2n) is 4.26. The number of benzene rings is 1. The van der Waals surface area contributed by atoms with Crippen LogP contribution in [0.2, 0.25) is 0 Å². The maximum atomic E-state index is 11.5. The highest BCUT2D eigenvalue weighted by atomic mass is 16.6. The number of rotatable bonds is 5. The number of ether oxygens (including phenoxy) is 2. The number of hydrogen-bond acceptors (Lipinski definition) is 6. The van der Waals surface area contributed by atoms with E-state index in [1.165, 1.54) is 0 Å². The molecule has 0 saturated carbocycles. The van der Waals surface area contributed by atoms with Crippen LogP contribution in [0, 0.1) is 0 Å². The van der Waals surface area contributed by atoms with Crippen molar-refractivity contribution in [3.8, 4) is 0 Å². The molecule has 1 heterocycles. The van der Waals surface area contributed by atoms with E-state index in [1.807, 2.05) is 30.3 Å². The van der Waals surface area contributed by atoms with Crippen molar-refractivity contribution >= 4 is 22.8 Å². The largest absolute Gasteiger partial charge is 0.464 e. The van der Waals surface area contributed by atoms with Crippen molar-refractivity contribution < 1.29 is 24.2 Å². The van der Waals surface area contributed by atoms with E-state index >= 15 is 0 Å². The number of fused-ring (bicyclic) bond motifs is 1. The van der Waals surface area contributed by atoms with Gasteiger partial charge in [-0.3, -0.25) is 0 Å². The van der Waals surface area contributed by atoms with Gasteiger partial charge in [0.15, 0.2) is 0 Å². The Kier molecular flexibility index (Phi) is 4.84. The molecule has 0 saturated heterocycles. The lowest BCUT2D eigenvalue weighted by Gasteiger charge is -2.09. The van der Waals surface area contributed by atoms with Crippen molar-refractivity contribution in [1.29, 1.82) is 0 Å². The molecule has 1 aromatic heterocycles. The molecule has 21 heavy (non-hydrogen) atoms. The molecule has 1 atom stereocenters. The van der Waals surface area contributed by atoms with Gasteiger partial charge in [0.2, 0.25) is 6.10 Å². The van der Waals surface area contributed by atoms with Crippen LogP contribution in [-0.4, -0.2) is 34.7 Å². The minimum absolute atomic E-state index is 0.0788. The van der Waals surface area contributed by atoms with Gasteiger partial charge in [-0.2, -0.15) is 0 Å². The number of hydrogen-bond donors (Lipinski definition) is 1. The van der Waals surface area contributed by atoms with Crippen molar-refractivity contribution in [3.63, 3.8) is 0 Å². The Morgan fingerprint density at radius 3 is 2.62 bits per heavy atom. The average molecular weight is 289 g/mol. The van der Waals surface area contributed by atoms with Gasteiger partial charge in [-0.1, -0.05) is 24.3 Å². The Balaban J connectivity index is 1.98. The molecular weight excluding hydrogens is 274 g/mol. The minimum Gasteiger partial charge on any atom is -0.464 e. The lowest BCUT2D eigenvalue weighted by Crippen LogP contribution is -2.33. The summed E-state index contributed by atoms with van der Waals surface area (Å²) < 4.78 is 9.38. The van der Waals surface area contributed by atoms with Crippen molar-refractivity contribution in [1.82, 2.24) is 4.98 Å².